The molecule has 0 saturated heterocycles. The zero-order chi connectivity index (χ0) is 10.8. The first-order chi connectivity index (χ1) is 6.46. The quantitative estimate of drug-likeness (QED) is 0.809. The summed E-state index contributed by atoms with van der Waals surface area (Å²) in [5.41, 5.74) is 0.637. The SMILES string of the molecule is CCN(C)c1ccccc1S(N)(=O)=O. The number of rotatable bonds is 3. The zero-order valence-electron chi connectivity index (χ0n) is 8.27. The largest absolute Gasteiger partial charge is 0.374 e. The lowest BCUT2D eigenvalue weighted by atomic mass is 10.3. The van der Waals surface area contributed by atoms with Gasteiger partial charge in [0.25, 0.3) is 0 Å². The average Bonchev–Trinajstić information content (AvgIpc) is 2.15. The fourth-order valence-corrected chi connectivity index (χ4v) is 1.97. The average molecular weight is 214 g/mol. The highest BCUT2D eigenvalue weighted by molar-refractivity contribution is 7.89. The first-order valence-electron chi connectivity index (χ1n) is 4.29. The molecule has 0 unspecified atom stereocenters. The Morgan fingerprint density at radius 1 is 1.36 bits per heavy atom. The summed E-state index contributed by atoms with van der Waals surface area (Å²) in [5.74, 6) is 0. The van der Waals surface area contributed by atoms with Gasteiger partial charge in [0.1, 0.15) is 4.90 Å². The Balaban J connectivity index is 3.30. The van der Waals surface area contributed by atoms with Crippen LogP contribution < -0.4 is 10.0 Å². The second-order valence-electron chi connectivity index (χ2n) is 3.03. The fraction of sp³-hybridized carbons (Fsp3) is 0.333. The highest BCUT2D eigenvalue weighted by Crippen LogP contribution is 2.22. The van der Waals surface area contributed by atoms with Crippen molar-refractivity contribution in [1.29, 1.82) is 0 Å². The van der Waals surface area contributed by atoms with E-state index in [4.69, 9.17) is 5.14 Å². The molecule has 78 valence electrons. The molecule has 0 saturated carbocycles. The highest BCUT2D eigenvalue weighted by atomic mass is 32.2. The normalized spacial score (nSPS) is 11.4. The van der Waals surface area contributed by atoms with E-state index in [1.54, 1.807) is 18.2 Å². The number of hydrogen-bond donors (Lipinski definition) is 1. The summed E-state index contributed by atoms with van der Waals surface area (Å²) >= 11 is 0. The van der Waals surface area contributed by atoms with Crippen molar-refractivity contribution >= 4 is 15.7 Å². The Morgan fingerprint density at radius 2 is 1.93 bits per heavy atom. The molecule has 2 N–H and O–H groups in total. The van der Waals surface area contributed by atoms with Crippen LogP contribution in [0.5, 0.6) is 0 Å². The van der Waals surface area contributed by atoms with Crippen LogP contribution in [0.2, 0.25) is 0 Å². The summed E-state index contributed by atoms with van der Waals surface area (Å²) in [7, 11) is -1.81. The molecule has 4 nitrogen and oxygen atoms in total. The molecule has 0 atom stereocenters. The minimum absolute atomic E-state index is 0.171. The lowest BCUT2D eigenvalue weighted by Gasteiger charge is -2.19. The topological polar surface area (TPSA) is 63.4 Å². The number of para-hydroxylation sites is 1. The van der Waals surface area contributed by atoms with E-state index < -0.39 is 10.0 Å². The van der Waals surface area contributed by atoms with E-state index in [9.17, 15) is 8.42 Å². The predicted molar refractivity (Wildman–Crippen MR) is 56.8 cm³/mol. The molecule has 0 spiro atoms. The van der Waals surface area contributed by atoms with Crippen molar-refractivity contribution in [3.63, 3.8) is 0 Å². The molecule has 0 fully saturated rings. The van der Waals surface area contributed by atoms with Crippen molar-refractivity contribution in [2.45, 2.75) is 11.8 Å². The van der Waals surface area contributed by atoms with E-state index in [-0.39, 0.29) is 4.90 Å². The molecule has 0 aliphatic heterocycles. The van der Waals surface area contributed by atoms with Crippen LogP contribution in [0.25, 0.3) is 0 Å². The fourth-order valence-electron chi connectivity index (χ4n) is 1.18. The Bertz CT molecular complexity index is 415. The van der Waals surface area contributed by atoms with Crippen LogP contribution in [0.4, 0.5) is 5.69 Å². The molecule has 1 rings (SSSR count). The molecule has 5 heteroatoms. The number of primary sulfonamides is 1. The van der Waals surface area contributed by atoms with Gasteiger partial charge in [-0.15, -0.1) is 0 Å². The number of sulfonamides is 1. The van der Waals surface area contributed by atoms with Crippen molar-refractivity contribution in [3.8, 4) is 0 Å². The summed E-state index contributed by atoms with van der Waals surface area (Å²) in [4.78, 5) is 2.00. The van der Waals surface area contributed by atoms with Gasteiger partial charge in [0, 0.05) is 13.6 Å². The number of nitrogens with zero attached hydrogens (tertiary/aromatic N) is 1. The molecule has 0 radical (unpaired) electrons. The molecule has 0 bridgehead atoms. The lowest BCUT2D eigenvalue weighted by Crippen LogP contribution is -2.21. The van der Waals surface area contributed by atoms with Gasteiger partial charge in [-0.1, -0.05) is 12.1 Å². The van der Waals surface area contributed by atoms with Gasteiger partial charge in [-0.25, -0.2) is 13.6 Å². The maximum absolute atomic E-state index is 11.2. The third-order valence-corrected chi connectivity index (χ3v) is 3.02. The Labute approximate surface area is 84.4 Å². The van der Waals surface area contributed by atoms with E-state index in [2.05, 4.69) is 0 Å². The number of hydrogen-bond acceptors (Lipinski definition) is 3. The van der Waals surface area contributed by atoms with Crippen LogP contribution in [0.1, 0.15) is 6.92 Å². The molecule has 14 heavy (non-hydrogen) atoms. The van der Waals surface area contributed by atoms with Crippen LogP contribution >= 0.6 is 0 Å². The van der Waals surface area contributed by atoms with Crippen LogP contribution in [0.3, 0.4) is 0 Å². The first kappa shape index (κ1) is 11.0. The Kier molecular flexibility index (Phi) is 3.13. The van der Waals surface area contributed by atoms with E-state index in [0.717, 1.165) is 6.54 Å². The summed E-state index contributed by atoms with van der Waals surface area (Å²) in [6, 6.07) is 6.70. The Morgan fingerprint density at radius 3 is 2.43 bits per heavy atom. The smallest absolute Gasteiger partial charge is 0.240 e. The van der Waals surface area contributed by atoms with Crippen molar-refractivity contribution in [2.75, 3.05) is 18.5 Å². The third kappa shape index (κ3) is 2.24. The second-order valence-corrected chi connectivity index (χ2v) is 4.56. The van der Waals surface area contributed by atoms with Gasteiger partial charge in [0.05, 0.1) is 5.69 Å². The van der Waals surface area contributed by atoms with Crippen LogP contribution in [0, 0.1) is 0 Å². The van der Waals surface area contributed by atoms with Gasteiger partial charge in [0.15, 0.2) is 0 Å². The van der Waals surface area contributed by atoms with Crippen molar-refractivity contribution in [3.05, 3.63) is 24.3 Å². The van der Waals surface area contributed by atoms with Gasteiger partial charge in [-0.2, -0.15) is 0 Å². The summed E-state index contributed by atoms with van der Waals surface area (Å²) in [6.07, 6.45) is 0. The molecule has 1 aromatic rings. The summed E-state index contributed by atoms with van der Waals surface area (Å²) < 4.78 is 22.5. The maximum Gasteiger partial charge on any atom is 0.240 e. The van der Waals surface area contributed by atoms with E-state index >= 15 is 0 Å². The monoisotopic (exact) mass is 214 g/mol. The molecule has 0 aliphatic rings. The number of nitrogens with two attached hydrogens (primary N) is 1. The number of anilines is 1. The van der Waals surface area contributed by atoms with Crippen LogP contribution in [-0.2, 0) is 10.0 Å². The predicted octanol–water partition coefficient (Wildman–Crippen LogP) is 0.790. The van der Waals surface area contributed by atoms with Gasteiger partial charge in [0.2, 0.25) is 10.0 Å². The van der Waals surface area contributed by atoms with Gasteiger partial charge >= 0.3 is 0 Å². The van der Waals surface area contributed by atoms with E-state index in [0.29, 0.717) is 5.69 Å². The minimum atomic E-state index is -3.63. The number of benzene rings is 1. The standard InChI is InChI=1S/C9H14N2O2S/c1-3-11(2)8-6-4-5-7-9(8)14(10,12)13/h4-7H,3H2,1-2H3,(H2,10,12,13). The highest BCUT2D eigenvalue weighted by Gasteiger charge is 2.14. The van der Waals surface area contributed by atoms with Gasteiger partial charge < -0.3 is 4.90 Å². The summed E-state index contributed by atoms with van der Waals surface area (Å²) in [5, 5.41) is 5.10. The first-order valence-corrected chi connectivity index (χ1v) is 5.84. The molecule has 0 amide bonds. The third-order valence-electron chi connectivity index (χ3n) is 2.06. The van der Waals surface area contributed by atoms with Crippen LogP contribution in [0.15, 0.2) is 29.2 Å². The van der Waals surface area contributed by atoms with E-state index in [1.165, 1.54) is 6.07 Å². The molecular formula is C9H14N2O2S. The molecule has 0 heterocycles. The summed E-state index contributed by atoms with van der Waals surface area (Å²) in [6.45, 7) is 2.67. The zero-order valence-corrected chi connectivity index (χ0v) is 9.08. The van der Waals surface area contributed by atoms with E-state index in [1.807, 2.05) is 18.9 Å². The maximum atomic E-state index is 11.2. The lowest BCUT2D eigenvalue weighted by molar-refractivity contribution is 0.597. The molecule has 1 aromatic carbocycles. The molecule has 0 aromatic heterocycles. The Hall–Kier alpha value is -1.07. The second kappa shape index (κ2) is 3.98. The van der Waals surface area contributed by atoms with Gasteiger partial charge in [-0.3, -0.25) is 0 Å². The van der Waals surface area contributed by atoms with Crippen molar-refractivity contribution in [2.24, 2.45) is 5.14 Å². The van der Waals surface area contributed by atoms with Crippen molar-refractivity contribution in [1.82, 2.24) is 0 Å². The minimum Gasteiger partial charge on any atom is -0.374 e. The molecule has 0 aliphatic carbocycles. The molecular weight excluding hydrogens is 200 g/mol. The van der Waals surface area contributed by atoms with Crippen molar-refractivity contribution < 1.29 is 8.42 Å². The van der Waals surface area contributed by atoms with Gasteiger partial charge in [-0.05, 0) is 19.1 Å². The van der Waals surface area contributed by atoms with Crippen LogP contribution in [-0.4, -0.2) is 22.0 Å².